The average Bonchev–Trinajstić information content (AvgIpc) is 3.35. The number of nitrogens with zero attached hydrogens (tertiary/aromatic N) is 1. The Hall–Kier alpha value is -2.58. The summed E-state index contributed by atoms with van der Waals surface area (Å²) in [6.07, 6.45) is 4.17. The fraction of sp³-hybridized carbons (Fsp3) is 0.440. The second kappa shape index (κ2) is 11.0. The lowest BCUT2D eigenvalue weighted by atomic mass is 9.95. The van der Waals surface area contributed by atoms with Crippen LogP contribution in [0.15, 0.2) is 54.6 Å². The second-order valence-corrected chi connectivity index (χ2v) is 9.69. The Labute approximate surface area is 196 Å². The van der Waals surface area contributed by atoms with E-state index in [0.29, 0.717) is 12.8 Å². The van der Waals surface area contributed by atoms with E-state index in [-0.39, 0.29) is 17.3 Å². The number of rotatable bonds is 11. The van der Waals surface area contributed by atoms with Crippen LogP contribution in [-0.2, 0) is 17.6 Å². The Morgan fingerprint density at radius 3 is 2.64 bits per heavy atom. The van der Waals surface area contributed by atoms with Crippen LogP contribution >= 0.6 is 11.3 Å². The summed E-state index contributed by atoms with van der Waals surface area (Å²) in [6, 6.07) is 12.4. The summed E-state index contributed by atoms with van der Waals surface area (Å²) in [6.45, 7) is 2.06. The van der Waals surface area contributed by atoms with Gasteiger partial charge in [-0.05, 0) is 49.3 Å². The lowest BCUT2D eigenvalue weighted by Gasteiger charge is -2.22. The summed E-state index contributed by atoms with van der Waals surface area (Å²) in [5.41, 5.74) is 1.17. The molecule has 1 aromatic heterocycles. The van der Waals surface area contributed by atoms with Gasteiger partial charge in [0.05, 0.1) is 12.1 Å². The number of amides is 1. The van der Waals surface area contributed by atoms with Gasteiger partial charge in [-0.3, -0.25) is 4.79 Å². The molecular formula is C25H29F2NO4S. The number of hydrogen-bond acceptors (Lipinski definition) is 4. The number of carboxylic acid groups (broad SMARTS) is 1. The average molecular weight is 478 g/mol. The minimum absolute atomic E-state index is 0.0604. The number of carbonyl (C=O) groups is 2. The monoisotopic (exact) mass is 477 g/mol. The van der Waals surface area contributed by atoms with Crippen molar-refractivity contribution in [2.75, 3.05) is 6.54 Å². The third-order valence-electron chi connectivity index (χ3n) is 5.98. The highest BCUT2D eigenvalue weighted by molar-refractivity contribution is 7.13. The molecule has 1 aromatic carbocycles. The molecule has 3 rings (SSSR count). The molecule has 0 radical (unpaired) electrons. The quantitative estimate of drug-likeness (QED) is 0.456. The van der Waals surface area contributed by atoms with Gasteiger partial charge in [0.25, 0.3) is 5.91 Å². The molecule has 0 bridgehead atoms. The fourth-order valence-corrected chi connectivity index (χ4v) is 4.84. The molecule has 1 saturated heterocycles. The first-order chi connectivity index (χ1) is 15.7. The van der Waals surface area contributed by atoms with E-state index in [2.05, 4.69) is 0 Å². The lowest BCUT2D eigenvalue weighted by molar-refractivity contribution is -0.148. The molecule has 2 N–H and O–H groups in total. The van der Waals surface area contributed by atoms with Gasteiger partial charge in [0.15, 0.2) is 0 Å². The molecular weight excluding hydrogens is 448 g/mol. The number of aliphatic hydroxyl groups is 1. The number of aryl methyl sites for hydroxylation is 2. The van der Waals surface area contributed by atoms with Crippen molar-refractivity contribution in [1.29, 1.82) is 0 Å². The van der Waals surface area contributed by atoms with E-state index in [0.717, 1.165) is 29.1 Å². The van der Waals surface area contributed by atoms with E-state index >= 15 is 0 Å². The number of likely N-dealkylation sites (tertiary alicyclic amines) is 1. The molecule has 1 amide bonds. The molecule has 2 aromatic rings. The molecule has 33 heavy (non-hydrogen) atoms. The molecule has 178 valence electrons. The summed E-state index contributed by atoms with van der Waals surface area (Å²) < 4.78 is 28.2. The van der Waals surface area contributed by atoms with Gasteiger partial charge in [0, 0.05) is 17.8 Å². The molecule has 0 aliphatic carbocycles. The van der Waals surface area contributed by atoms with Gasteiger partial charge < -0.3 is 15.1 Å². The van der Waals surface area contributed by atoms with Crippen LogP contribution in [0.3, 0.4) is 0 Å². The van der Waals surface area contributed by atoms with E-state index in [4.69, 9.17) is 5.11 Å². The van der Waals surface area contributed by atoms with Gasteiger partial charge in [-0.25, -0.2) is 4.79 Å². The molecule has 5 nitrogen and oxygen atoms in total. The number of aromatic carboxylic acids is 1. The highest BCUT2D eigenvalue weighted by atomic mass is 32.1. The number of carboxylic acids is 1. The maximum atomic E-state index is 14.1. The highest BCUT2D eigenvalue weighted by Gasteiger charge is 2.52. The number of aliphatic hydroxyl groups excluding tert-OH is 1. The number of halogens is 2. The summed E-state index contributed by atoms with van der Waals surface area (Å²) in [4.78, 5) is 25.4. The van der Waals surface area contributed by atoms with Gasteiger partial charge in [0.2, 0.25) is 0 Å². The minimum Gasteiger partial charge on any atom is -0.477 e. The van der Waals surface area contributed by atoms with E-state index in [9.17, 15) is 23.5 Å². The third-order valence-corrected chi connectivity index (χ3v) is 7.11. The van der Waals surface area contributed by atoms with Crippen LogP contribution in [0.25, 0.3) is 0 Å². The number of hydrogen-bond donors (Lipinski definition) is 2. The number of thiophene rings is 1. The van der Waals surface area contributed by atoms with Crippen LogP contribution in [0.4, 0.5) is 8.78 Å². The topological polar surface area (TPSA) is 77.8 Å². The first-order valence-electron chi connectivity index (χ1n) is 11.1. The maximum Gasteiger partial charge on any atom is 0.345 e. The number of alkyl halides is 2. The van der Waals surface area contributed by atoms with Crippen molar-refractivity contribution in [1.82, 2.24) is 4.90 Å². The normalized spacial score (nSPS) is 19.8. The van der Waals surface area contributed by atoms with Gasteiger partial charge >= 0.3 is 11.9 Å². The zero-order valence-corrected chi connectivity index (χ0v) is 19.3. The fourth-order valence-electron chi connectivity index (χ4n) is 3.95. The van der Waals surface area contributed by atoms with Crippen molar-refractivity contribution in [2.45, 2.75) is 57.1 Å². The Bertz CT molecular complexity index is 976. The summed E-state index contributed by atoms with van der Waals surface area (Å²) >= 11 is 1.15. The van der Waals surface area contributed by atoms with Crippen molar-refractivity contribution in [2.24, 2.45) is 5.92 Å². The van der Waals surface area contributed by atoms with Gasteiger partial charge in [-0.1, -0.05) is 49.4 Å². The van der Waals surface area contributed by atoms with Crippen LogP contribution in [0.1, 0.15) is 46.3 Å². The van der Waals surface area contributed by atoms with Crippen molar-refractivity contribution < 1.29 is 28.6 Å². The third kappa shape index (κ3) is 6.71. The summed E-state index contributed by atoms with van der Waals surface area (Å²) in [7, 11) is 0. The Kier molecular flexibility index (Phi) is 8.37. The lowest BCUT2D eigenvalue weighted by Crippen LogP contribution is -2.36. The molecule has 3 atom stereocenters. The number of carbonyl (C=O) groups excluding carboxylic acids is 1. The first kappa shape index (κ1) is 25.1. The second-order valence-electron chi connectivity index (χ2n) is 8.53. The largest absolute Gasteiger partial charge is 0.477 e. The molecule has 1 fully saturated rings. The van der Waals surface area contributed by atoms with Crippen LogP contribution < -0.4 is 0 Å². The van der Waals surface area contributed by atoms with Crippen molar-refractivity contribution in [3.8, 4) is 0 Å². The smallest absolute Gasteiger partial charge is 0.345 e. The van der Waals surface area contributed by atoms with E-state index in [1.54, 1.807) is 6.07 Å². The predicted octanol–water partition coefficient (Wildman–Crippen LogP) is 4.80. The Morgan fingerprint density at radius 2 is 1.97 bits per heavy atom. The van der Waals surface area contributed by atoms with Gasteiger partial charge in [-0.2, -0.15) is 8.78 Å². The van der Waals surface area contributed by atoms with Crippen LogP contribution in [0.2, 0.25) is 0 Å². The Balaban J connectivity index is 1.55. The van der Waals surface area contributed by atoms with Crippen molar-refractivity contribution in [3.05, 3.63) is 69.9 Å². The zero-order valence-electron chi connectivity index (χ0n) is 18.5. The molecule has 3 unspecified atom stereocenters. The maximum absolute atomic E-state index is 14.1. The SMILES string of the molecule is CC(CCc1ccccc1)C(O)C=CC1CC(F)(F)C(=O)N1CCCc1ccc(C(=O)O)s1. The molecule has 0 spiro atoms. The predicted molar refractivity (Wildman–Crippen MR) is 124 cm³/mol. The summed E-state index contributed by atoms with van der Waals surface area (Å²) in [5.74, 6) is -5.67. The molecule has 2 heterocycles. The Morgan fingerprint density at radius 1 is 1.24 bits per heavy atom. The van der Waals surface area contributed by atoms with Crippen LogP contribution in [0.5, 0.6) is 0 Å². The van der Waals surface area contributed by atoms with E-state index in [1.165, 1.54) is 28.7 Å². The minimum atomic E-state index is -3.42. The number of benzene rings is 1. The molecule has 1 aliphatic rings. The molecule has 1 aliphatic heterocycles. The molecule has 8 heteroatoms. The van der Waals surface area contributed by atoms with E-state index in [1.807, 2.05) is 37.3 Å². The standard InChI is InChI=1S/C25H29F2NO4S/c1-17(9-10-18-6-3-2-4-7-18)21(29)13-11-19-16-25(26,27)24(32)28(19)15-5-8-20-12-14-22(33-20)23(30)31/h2-4,6-7,11-14,17,19,21,29H,5,8-10,15-16H2,1H3,(H,30,31). The highest BCUT2D eigenvalue weighted by Crippen LogP contribution is 2.34. The van der Waals surface area contributed by atoms with Crippen LogP contribution in [0, 0.1) is 5.92 Å². The zero-order chi connectivity index (χ0) is 24.0. The first-order valence-corrected chi connectivity index (χ1v) is 11.9. The van der Waals surface area contributed by atoms with Crippen molar-refractivity contribution >= 4 is 23.2 Å². The van der Waals surface area contributed by atoms with Gasteiger partial charge in [-0.15, -0.1) is 11.3 Å². The van der Waals surface area contributed by atoms with Crippen molar-refractivity contribution in [3.63, 3.8) is 0 Å². The molecule has 0 saturated carbocycles. The van der Waals surface area contributed by atoms with Crippen LogP contribution in [-0.4, -0.2) is 51.6 Å². The van der Waals surface area contributed by atoms with Gasteiger partial charge in [0.1, 0.15) is 4.88 Å². The van der Waals surface area contributed by atoms with E-state index < -0.39 is 36.4 Å². The summed E-state index contributed by atoms with van der Waals surface area (Å²) in [5, 5.41) is 19.5.